The summed E-state index contributed by atoms with van der Waals surface area (Å²) < 4.78 is 19.3. The van der Waals surface area contributed by atoms with Crippen molar-refractivity contribution in [1.29, 1.82) is 0 Å². The van der Waals surface area contributed by atoms with E-state index in [4.69, 9.17) is 10.5 Å². The minimum Gasteiger partial charge on any atom is -0.488 e. The van der Waals surface area contributed by atoms with Gasteiger partial charge in [0.15, 0.2) is 11.6 Å². The third-order valence-electron chi connectivity index (χ3n) is 3.95. The number of benzene rings is 1. The van der Waals surface area contributed by atoms with E-state index >= 15 is 0 Å². The maximum absolute atomic E-state index is 13.8. The van der Waals surface area contributed by atoms with Crippen LogP contribution in [0.5, 0.6) is 5.75 Å². The van der Waals surface area contributed by atoms with Gasteiger partial charge in [-0.05, 0) is 26.7 Å². The van der Waals surface area contributed by atoms with Crippen LogP contribution >= 0.6 is 0 Å². The summed E-state index contributed by atoms with van der Waals surface area (Å²) in [6, 6.07) is 3.08. The molecule has 2 rings (SSSR count). The number of hydrogen-bond donors (Lipinski definition) is 3. The summed E-state index contributed by atoms with van der Waals surface area (Å²) in [6.45, 7) is 3.87. The van der Waals surface area contributed by atoms with Gasteiger partial charge in [-0.1, -0.05) is 12.8 Å². The van der Waals surface area contributed by atoms with Crippen LogP contribution in [0.2, 0.25) is 0 Å². The van der Waals surface area contributed by atoms with Gasteiger partial charge in [0, 0.05) is 30.7 Å². The molecule has 0 aliphatic heterocycles. The van der Waals surface area contributed by atoms with Gasteiger partial charge in [-0.25, -0.2) is 4.39 Å². The summed E-state index contributed by atoms with van der Waals surface area (Å²) in [4.78, 5) is 0. The maximum atomic E-state index is 13.8. The van der Waals surface area contributed by atoms with E-state index in [0.29, 0.717) is 11.4 Å². The van der Waals surface area contributed by atoms with Gasteiger partial charge in [-0.2, -0.15) is 0 Å². The van der Waals surface area contributed by atoms with E-state index in [-0.39, 0.29) is 30.4 Å². The Morgan fingerprint density at radius 3 is 2.76 bits per heavy atom. The van der Waals surface area contributed by atoms with Crippen LogP contribution in [0.1, 0.15) is 39.5 Å². The first kappa shape index (κ1) is 15.9. The largest absolute Gasteiger partial charge is 0.488 e. The van der Waals surface area contributed by atoms with Crippen molar-refractivity contribution in [3.8, 4) is 5.75 Å². The summed E-state index contributed by atoms with van der Waals surface area (Å²) in [5.41, 5.74) is 6.95. The van der Waals surface area contributed by atoms with E-state index in [1.807, 2.05) is 13.8 Å². The van der Waals surface area contributed by atoms with E-state index in [0.717, 1.165) is 25.7 Å². The number of halogens is 1. The second kappa shape index (κ2) is 6.98. The number of ether oxygens (including phenoxy) is 1. The molecule has 5 heteroatoms. The van der Waals surface area contributed by atoms with Gasteiger partial charge >= 0.3 is 0 Å². The summed E-state index contributed by atoms with van der Waals surface area (Å²) in [5.74, 6) is -0.0233. The quantitative estimate of drug-likeness (QED) is 0.730. The second-order valence-corrected chi connectivity index (χ2v) is 6.01. The molecule has 1 aromatic carbocycles. The van der Waals surface area contributed by atoms with E-state index in [9.17, 15) is 9.50 Å². The Labute approximate surface area is 125 Å². The Morgan fingerprint density at radius 2 is 2.10 bits per heavy atom. The Morgan fingerprint density at radius 1 is 1.38 bits per heavy atom. The average Bonchev–Trinajstić information content (AvgIpc) is 2.44. The van der Waals surface area contributed by atoms with E-state index in [1.54, 1.807) is 6.07 Å². The topological polar surface area (TPSA) is 67.5 Å². The molecule has 4 nitrogen and oxygen atoms in total. The summed E-state index contributed by atoms with van der Waals surface area (Å²) in [7, 11) is 0. The molecular formula is C16H25FN2O2. The number of aliphatic hydroxyl groups is 1. The number of aliphatic hydroxyl groups excluding tert-OH is 1. The fourth-order valence-electron chi connectivity index (χ4n) is 2.85. The number of nitrogens with one attached hydrogen (secondary N) is 1. The molecular weight excluding hydrogens is 271 g/mol. The van der Waals surface area contributed by atoms with Crippen LogP contribution in [0.3, 0.4) is 0 Å². The first-order valence-corrected chi connectivity index (χ1v) is 7.64. The molecule has 0 spiro atoms. The number of hydrogen-bond acceptors (Lipinski definition) is 4. The van der Waals surface area contributed by atoms with Crippen LogP contribution in [0.15, 0.2) is 12.1 Å². The molecule has 2 atom stereocenters. The number of nitrogen functional groups attached to an aromatic ring is 1. The zero-order valence-electron chi connectivity index (χ0n) is 12.7. The molecule has 0 amide bonds. The average molecular weight is 296 g/mol. The zero-order chi connectivity index (χ0) is 15.4. The van der Waals surface area contributed by atoms with Crippen molar-refractivity contribution in [1.82, 2.24) is 0 Å². The van der Waals surface area contributed by atoms with Crippen LogP contribution in [-0.4, -0.2) is 23.9 Å². The molecule has 0 bridgehead atoms. The Hall–Kier alpha value is -1.49. The number of nitrogens with two attached hydrogens (primary N) is 1. The van der Waals surface area contributed by atoms with Gasteiger partial charge in [-0.3, -0.25) is 0 Å². The predicted molar refractivity (Wildman–Crippen MR) is 83.0 cm³/mol. The van der Waals surface area contributed by atoms with Gasteiger partial charge in [0.2, 0.25) is 0 Å². The van der Waals surface area contributed by atoms with Gasteiger partial charge in [0.05, 0.1) is 17.5 Å². The van der Waals surface area contributed by atoms with Gasteiger partial charge in [0.1, 0.15) is 0 Å². The molecule has 2 unspecified atom stereocenters. The van der Waals surface area contributed by atoms with Crippen molar-refractivity contribution in [2.75, 3.05) is 17.7 Å². The molecule has 0 aromatic heterocycles. The summed E-state index contributed by atoms with van der Waals surface area (Å²) >= 11 is 0. The van der Waals surface area contributed by atoms with Gasteiger partial charge < -0.3 is 20.9 Å². The lowest BCUT2D eigenvalue weighted by Gasteiger charge is -2.32. The smallest absolute Gasteiger partial charge is 0.167 e. The minimum atomic E-state index is -0.450. The Kier molecular flexibility index (Phi) is 5.28. The third kappa shape index (κ3) is 4.00. The fraction of sp³-hybridized carbons (Fsp3) is 0.625. The molecule has 1 aliphatic rings. The Bertz CT molecular complexity index is 480. The summed E-state index contributed by atoms with van der Waals surface area (Å²) in [5, 5.41) is 12.8. The molecule has 118 valence electrons. The second-order valence-electron chi connectivity index (χ2n) is 6.01. The van der Waals surface area contributed by atoms with E-state index in [1.165, 1.54) is 6.07 Å². The molecule has 0 radical (unpaired) electrons. The number of anilines is 2. The normalized spacial score (nSPS) is 22.3. The van der Waals surface area contributed by atoms with Crippen molar-refractivity contribution >= 4 is 11.4 Å². The van der Waals surface area contributed by atoms with Crippen LogP contribution < -0.4 is 15.8 Å². The van der Waals surface area contributed by atoms with Crippen LogP contribution in [0, 0.1) is 11.7 Å². The fourth-order valence-corrected chi connectivity index (χ4v) is 2.85. The molecule has 1 aromatic rings. The first-order chi connectivity index (χ1) is 10.0. The first-order valence-electron chi connectivity index (χ1n) is 7.64. The van der Waals surface area contributed by atoms with Crippen molar-refractivity contribution < 1.29 is 14.2 Å². The molecule has 0 saturated heterocycles. The molecule has 1 aliphatic carbocycles. The molecule has 4 N–H and O–H groups in total. The predicted octanol–water partition coefficient (Wildman–Crippen LogP) is 3.16. The van der Waals surface area contributed by atoms with Gasteiger partial charge in [-0.15, -0.1) is 0 Å². The zero-order valence-corrected chi connectivity index (χ0v) is 12.7. The van der Waals surface area contributed by atoms with Crippen LogP contribution in [-0.2, 0) is 0 Å². The van der Waals surface area contributed by atoms with Crippen LogP contribution in [0.4, 0.5) is 15.8 Å². The highest BCUT2D eigenvalue weighted by Crippen LogP contribution is 2.33. The Balaban J connectivity index is 2.18. The molecule has 1 saturated carbocycles. The van der Waals surface area contributed by atoms with E-state index in [2.05, 4.69) is 5.32 Å². The van der Waals surface area contributed by atoms with E-state index < -0.39 is 5.82 Å². The van der Waals surface area contributed by atoms with Crippen LogP contribution in [0.25, 0.3) is 0 Å². The lowest BCUT2D eigenvalue weighted by atomic mass is 9.85. The SMILES string of the molecule is CC(C)Oc1cc(NC2CCCCC2CO)c(N)cc1F. The highest BCUT2D eigenvalue weighted by atomic mass is 19.1. The number of rotatable bonds is 5. The van der Waals surface area contributed by atoms with Crippen molar-refractivity contribution in [3.63, 3.8) is 0 Å². The highest BCUT2D eigenvalue weighted by Gasteiger charge is 2.25. The van der Waals surface area contributed by atoms with Crippen molar-refractivity contribution in [2.45, 2.75) is 51.7 Å². The maximum Gasteiger partial charge on any atom is 0.167 e. The minimum absolute atomic E-state index is 0.101. The summed E-state index contributed by atoms with van der Waals surface area (Å²) in [6.07, 6.45) is 4.16. The molecule has 1 fully saturated rings. The molecule has 21 heavy (non-hydrogen) atoms. The monoisotopic (exact) mass is 296 g/mol. The third-order valence-corrected chi connectivity index (χ3v) is 3.95. The lowest BCUT2D eigenvalue weighted by Crippen LogP contribution is -2.34. The standard InChI is InChI=1S/C16H25FN2O2/c1-10(2)21-16-8-15(13(18)7-12(16)17)19-14-6-4-3-5-11(14)9-20/h7-8,10-11,14,19-20H,3-6,9,18H2,1-2H3. The van der Waals surface area contributed by atoms with Crippen molar-refractivity contribution in [2.24, 2.45) is 5.92 Å². The lowest BCUT2D eigenvalue weighted by molar-refractivity contribution is 0.178. The highest BCUT2D eigenvalue weighted by molar-refractivity contribution is 5.69. The van der Waals surface area contributed by atoms with Crippen molar-refractivity contribution in [3.05, 3.63) is 17.9 Å². The van der Waals surface area contributed by atoms with Gasteiger partial charge in [0.25, 0.3) is 0 Å². The molecule has 0 heterocycles.